The van der Waals surface area contributed by atoms with Gasteiger partial charge in [0.15, 0.2) is 0 Å². The van der Waals surface area contributed by atoms with Gasteiger partial charge in [-0.05, 0) is 42.3 Å². The maximum Gasteiger partial charge on any atom is 0.227 e. The van der Waals surface area contributed by atoms with Crippen LogP contribution < -0.4 is 15.1 Å². The number of aliphatic hydroxyl groups excluding tert-OH is 1. The number of anilines is 4. The van der Waals surface area contributed by atoms with Gasteiger partial charge >= 0.3 is 0 Å². The number of sulfone groups is 1. The zero-order valence-electron chi connectivity index (χ0n) is 23.8. The lowest BCUT2D eigenvalue weighted by molar-refractivity contribution is -0.0219. The molecule has 2 N–H and O–H groups in total. The summed E-state index contributed by atoms with van der Waals surface area (Å²) in [6.45, 7) is 9.80. The molecule has 0 radical (unpaired) electrons. The van der Waals surface area contributed by atoms with E-state index in [1.165, 1.54) is 0 Å². The Balaban J connectivity index is 1.39. The number of aromatic nitrogens is 4. The number of aliphatic hydroxyl groups is 1. The van der Waals surface area contributed by atoms with Crippen LogP contribution in [0.15, 0.2) is 30.7 Å². The standard InChI is InChI=1S/C28H39N7O4S/c1-6-40(37,38)16-19-14-35(18(19)4)27-22-13-30-26(11-20(22)21(12-31-27)17(2)3)32-25-7-9-29-28(33-25)34-10-8-24(39-5)23(36)15-34/h7,9,11-13,17-19,23-24,36H,6,8,10,14-16H2,1-5H3,(H,29,30,32,33)/t18-,19-,23+,24-/m1/s1. The topological polar surface area (TPSA) is 134 Å². The Morgan fingerprint density at radius 3 is 2.62 bits per heavy atom. The van der Waals surface area contributed by atoms with E-state index in [0.717, 1.165) is 22.2 Å². The quantitative estimate of drug-likeness (QED) is 0.394. The summed E-state index contributed by atoms with van der Waals surface area (Å²) >= 11 is 0. The summed E-state index contributed by atoms with van der Waals surface area (Å²) in [5, 5.41) is 15.7. The fraction of sp³-hybridized carbons (Fsp3) is 0.571. The number of pyridine rings is 2. The number of β-amino-alcohol motifs (C(OH)–C–C–N with tert-alkyl or cyclic N) is 1. The highest BCUT2D eigenvalue weighted by atomic mass is 32.2. The molecule has 5 rings (SSSR count). The maximum absolute atomic E-state index is 12.2. The zero-order chi connectivity index (χ0) is 28.6. The van der Waals surface area contributed by atoms with Crippen molar-refractivity contribution >= 4 is 44.0 Å². The Bertz CT molecular complexity index is 1470. The van der Waals surface area contributed by atoms with E-state index in [1.807, 2.05) is 23.4 Å². The smallest absolute Gasteiger partial charge is 0.227 e. The van der Waals surface area contributed by atoms with Crippen molar-refractivity contribution in [2.45, 2.75) is 58.3 Å². The molecule has 11 nitrogen and oxygen atoms in total. The van der Waals surface area contributed by atoms with Crippen molar-refractivity contribution in [3.63, 3.8) is 0 Å². The largest absolute Gasteiger partial charge is 0.389 e. The minimum atomic E-state index is -3.03. The lowest BCUT2D eigenvalue weighted by Gasteiger charge is -2.47. The van der Waals surface area contributed by atoms with Crippen molar-refractivity contribution < 1.29 is 18.3 Å². The van der Waals surface area contributed by atoms with Gasteiger partial charge in [0.05, 0.1) is 18.0 Å². The number of ether oxygens (including phenoxy) is 1. The molecule has 4 atom stereocenters. The minimum absolute atomic E-state index is 0.0756. The second kappa shape index (κ2) is 11.4. The fourth-order valence-corrected chi connectivity index (χ4v) is 6.84. The molecule has 0 aromatic carbocycles. The van der Waals surface area contributed by atoms with Gasteiger partial charge in [0.2, 0.25) is 5.95 Å². The molecule has 2 saturated heterocycles. The maximum atomic E-state index is 12.2. The van der Waals surface area contributed by atoms with Gasteiger partial charge in [-0.2, -0.15) is 4.98 Å². The monoisotopic (exact) mass is 569 g/mol. The number of rotatable bonds is 9. The van der Waals surface area contributed by atoms with Crippen LogP contribution >= 0.6 is 0 Å². The number of methoxy groups -OCH3 is 1. The summed E-state index contributed by atoms with van der Waals surface area (Å²) < 4.78 is 29.7. The number of fused-ring (bicyclic) bond motifs is 1. The van der Waals surface area contributed by atoms with Crippen molar-refractivity contribution in [1.82, 2.24) is 19.9 Å². The van der Waals surface area contributed by atoms with E-state index in [4.69, 9.17) is 14.7 Å². The van der Waals surface area contributed by atoms with Gasteiger partial charge in [-0.25, -0.2) is 23.4 Å². The van der Waals surface area contributed by atoms with Gasteiger partial charge in [0, 0.05) is 68.4 Å². The van der Waals surface area contributed by atoms with E-state index in [-0.39, 0.29) is 35.5 Å². The Labute approximate surface area is 235 Å². The van der Waals surface area contributed by atoms with Crippen molar-refractivity contribution in [3.05, 3.63) is 36.3 Å². The van der Waals surface area contributed by atoms with Gasteiger partial charge in [-0.15, -0.1) is 0 Å². The number of hydrogen-bond acceptors (Lipinski definition) is 11. The second-order valence-corrected chi connectivity index (χ2v) is 13.5. The minimum Gasteiger partial charge on any atom is -0.389 e. The lowest BCUT2D eigenvalue weighted by Crippen LogP contribution is -2.57. The van der Waals surface area contributed by atoms with Crippen LogP contribution in [0.1, 0.15) is 45.6 Å². The molecule has 3 aromatic rings. The average molecular weight is 570 g/mol. The molecule has 0 spiro atoms. The van der Waals surface area contributed by atoms with E-state index in [1.54, 1.807) is 26.3 Å². The molecular formula is C28H39N7O4S. The van der Waals surface area contributed by atoms with Crippen molar-refractivity contribution in [3.8, 4) is 0 Å². The first-order valence-corrected chi connectivity index (χ1v) is 15.7. The predicted octanol–water partition coefficient (Wildman–Crippen LogP) is 3.13. The van der Waals surface area contributed by atoms with Gasteiger partial charge in [-0.3, -0.25) is 0 Å². The third-order valence-electron chi connectivity index (χ3n) is 8.19. The van der Waals surface area contributed by atoms with Crippen LogP contribution in [0, 0.1) is 5.92 Å². The molecule has 5 heterocycles. The van der Waals surface area contributed by atoms with E-state index >= 15 is 0 Å². The molecule has 2 aliphatic rings. The molecular weight excluding hydrogens is 530 g/mol. The molecule has 40 heavy (non-hydrogen) atoms. The highest BCUT2D eigenvalue weighted by Gasteiger charge is 2.39. The summed E-state index contributed by atoms with van der Waals surface area (Å²) in [7, 11) is -1.41. The van der Waals surface area contributed by atoms with Crippen LogP contribution in [0.4, 0.5) is 23.4 Å². The van der Waals surface area contributed by atoms with Crippen molar-refractivity contribution in [2.24, 2.45) is 5.92 Å². The van der Waals surface area contributed by atoms with E-state index in [0.29, 0.717) is 43.6 Å². The van der Waals surface area contributed by atoms with E-state index in [9.17, 15) is 13.5 Å². The molecule has 0 saturated carbocycles. The summed E-state index contributed by atoms with van der Waals surface area (Å²) in [6.07, 6.45) is 5.38. The Morgan fingerprint density at radius 2 is 1.95 bits per heavy atom. The first-order valence-electron chi connectivity index (χ1n) is 13.9. The van der Waals surface area contributed by atoms with Crippen molar-refractivity contribution in [1.29, 1.82) is 0 Å². The number of nitrogens with zero attached hydrogens (tertiary/aromatic N) is 6. The van der Waals surface area contributed by atoms with Crippen LogP contribution in [0.5, 0.6) is 0 Å². The second-order valence-electron chi connectivity index (χ2n) is 11.1. The molecule has 216 valence electrons. The van der Waals surface area contributed by atoms with Gasteiger partial charge < -0.3 is 25.0 Å². The molecule has 3 aromatic heterocycles. The van der Waals surface area contributed by atoms with Gasteiger partial charge in [0.25, 0.3) is 0 Å². The fourth-order valence-electron chi connectivity index (χ4n) is 5.57. The third kappa shape index (κ3) is 5.70. The number of nitrogens with one attached hydrogen (secondary N) is 1. The summed E-state index contributed by atoms with van der Waals surface area (Å²) in [5.74, 6) is 3.35. The average Bonchev–Trinajstić information content (AvgIpc) is 2.94. The highest BCUT2D eigenvalue weighted by molar-refractivity contribution is 7.91. The molecule has 12 heteroatoms. The van der Waals surface area contributed by atoms with E-state index < -0.39 is 15.9 Å². The Hall–Kier alpha value is -3.09. The van der Waals surface area contributed by atoms with Crippen LogP contribution in [-0.2, 0) is 14.6 Å². The van der Waals surface area contributed by atoms with Crippen LogP contribution in [-0.4, -0.2) is 90.0 Å². The first-order chi connectivity index (χ1) is 19.1. The van der Waals surface area contributed by atoms with Crippen LogP contribution in [0.2, 0.25) is 0 Å². The number of piperidine rings is 1. The molecule has 0 aliphatic carbocycles. The van der Waals surface area contributed by atoms with Gasteiger partial charge in [-0.1, -0.05) is 20.8 Å². The normalized spacial score (nSPS) is 23.5. The first kappa shape index (κ1) is 28.4. The van der Waals surface area contributed by atoms with Crippen LogP contribution in [0.25, 0.3) is 10.8 Å². The SMILES string of the molecule is CCS(=O)(=O)C[C@H]1CN(c2ncc(C(C)C)c3cc(Nc4ccnc(N5CC[C@@H](OC)[C@@H](O)C5)n4)ncc23)[C@@H]1C. The summed E-state index contributed by atoms with van der Waals surface area (Å²) in [4.78, 5) is 22.7. The predicted molar refractivity (Wildman–Crippen MR) is 157 cm³/mol. The van der Waals surface area contributed by atoms with Gasteiger partial charge in [0.1, 0.15) is 27.3 Å². The van der Waals surface area contributed by atoms with E-state index in [2.05, 4.69) is 41.0 Å². The third-order valence-corrected chi connectivity index (χ3v) is 10.0. The zero-order valence-corrected chi connectivity index (χ0v) is 24.6. The Kier molecular flexibility index (Phi) is 8.12. The summed E-state index contributed by atoms with van der Waals surface area (Å²) in [5.41, 5.74) is 1.11. The molecule has 2 fully saturated rings. The highest BCUT2D eigenvalue weighted by Crippen LogP contribution is 2.38. The molecule has 0 amide bonds. The summed E-state index contributed by atoms with van der Waals surface area (Å²) in [6, 6.07) is 3.89. The van der Waals surface area contributed by atoms with Crippen molar-refractivity contribution in [2.75, 3.05) is 53.4 Å². The number of hydrogen-bond donors (Lipinski definition) is 2. The Morgan fingerprint density at radius 1 is 1.15 bits per heavy atom. The van der Waals surface area contributed by atoms with Crippen LogP contribution in [0.3, 0.4) is 0 Å². The molecule has 0 unspecified atom stereocenters. The molecule has 2 aliphatic heterocycles. The lowest BCUT2D eigenvalue weighted by atomic mass is 9.90. The molecule has 0 bridgehead atoms.